The molecule has 0 saturated carbocycles. The smallest absolute Gasteiger partial charge is 0.251 e. The van der Waals surface area contributed by atoms with Gasteiger partial charge < -0.3 is 10.2 Å². The summed E-state index contributed by atoms with van der Waals surface area (Å²) in [6.45, 7) is 9.77. The molecule has 0 aliphatic carbocycles. The summed E-state index contributed by atoms with van der Waals surface area (Å²) in [5.41, 5.74) is 3.71. The number of likely N-dealkylation sites (N-methyl/N-ethyl adjacent to an activating group) is 1. The molecule has 0 bridgehead atoms. The summed E-state index contributed by atoms with van der Waals surface area (Å²) in [5.74, 6) is -0.0323. The van der Waals surface area contributed by atoms with Crippen molar-refractivity contribution in [2.24, 2.45) is 0 Å². The number of carbonyl (C=O) groups is 1. The highest BCUT2D eigenvalue weighted by atomic mass is 16.1. The van der Waals surface area contributed by atoms with E-state index in [0.717, 1.165) is 36.5 Å². The minimum Gasteiger partial charge on any atom is -0.351 e. The van der Waals surface area contributed by atoms with Crippen molar-refractivity contribution in [2.75, 3.05) is 26.2 Å². The van der Waals surface area contributed by atoms with Crippen LogP contribution in [0.3, 0.4) is 0 Å². The standard InChI is InChI=1S/C17H24N4O/c1-4-21(5-2)10-9-18-17(22)15-8-6-7-14(11-15)16-12-19-20-13(16)3/h6-8,11-12H,4-5,9-10H2,1-3H3,(H,18,22)(H,19,20). The summed E-state index contributed by atoms with van der Waals surface area (Å²) in [6.07, 6.45) is 1.78. The van der Waals surface area contributed by atoms with E-state index in [0.29, 0.717) is 12.1 Å². The van der Waals surface area contributed by atoms with Gasteiger partial charge in [0.15, 0.2) is 0 Å². The summed E-state index contributed by atoms with van der Waals surface area (Å²) < 4.78 is 0. The zero-order chi connectivity index (χ0) is 15.9. The van der Waals surface area contributed by atoms with Crippen LogP contribution in [0.2, 0.25) is 0 Å². The fraction of sp³-hybridized carbons (Fsp3) is 0.412. The van der Waals surface area contributed by atoms with E-state index in [1.807, 2.05) is 31.2 Å². The first-order valence-electron chi connectivity index (χ1n) is 7.76. The fourth-order valence-electron chi connectivity index (χ4n) is 2.44. The van der Waals surface area contributed by atoms with Crippen molar-refractivity contribution in [3.8, 4) is 11.1 Å². The number of benzene rings is 1. The number of aryl methyl sites for hydroxylation is 1. The zero-order valence-electron chi connectivity index (χ0n) is 13.5. The summed E-state index contributed by atoms with van der Waals surface area (Å²) >= 11 is 0. The van der Waals surface area contributed by atoms with E-state index in [-0.39, 0.29) is 5.91 Å². The van der Waals surface area contributed by atoms with Gasteiger partial charge >= 0.3 is 0 Å². The van der Waals surface area contributed by atoms with Gasteiger partial charge in [0, 0.05) is 29.9 Å². The van der Waals surface area contributed by atoms with Crippen LogP contribution < -0.4 is 5.32 Å². The lowest BCUT2D eigenvalue weighted by Gasteiger charge is -2.18. The van der Waals surface area contributed by atoms with E-state index in [9.17, 15) is 4.79 Å². The highest BCUT2D eigenvalue weighted by molar-refractivity contribution is 5.95. The minimum atomic E-state index is -0.0323. The van der Waals surface area contributed by atoms with Crippen LogP contribution in [0.25, 0.3) is 11.1 Å². The van der Waals surface area contributed by atoms with Gasteiger partial charge in [-0.05, 0) is 37.7 Å². The molecule has 1 aromatic carbocycles. The second kappa shape index (κ2) is 7.75. The molecule has 5 nitrogen and oxygen atoms in total. The lowest BCUT2D eigenvalue weighted by Crippen LogP contribution is -2.34. The molecule has 0 atom stereocenters. The lowest BCUT2D eigenvalue weighted by molar-refractivity contribution is 0.0949. The Morgan fingerprint density at radius 3 is 2.73 bits per heavy atom. The van der Waals surface area contributed by atoms with Gasteiger partial charge in [-0.25, -0.2) is 0 Å². The summed E-state index contributed by atoms with van der Waals surface area (Å²) in [7, 11) is 0. The van der Waals surface area contributed by atoms with E-state index in [2.05, 4.69) is 34.3 Å². The van der Waals surface area contributed by atoms with Gasteiger partial charge in [0.25, 0.3) is 5.91 Å². The van der Waals surface area contributed by atoms with Crippen molar-refractivity contribution >= 4 is 5.91 Å². The number of hydrogen-bond donors (Lipinski definition) is 2. The molecule has 2 N–H and O–H groups in total. The van der Waals surface area contributed by atoms with Crippen LogP contribution in [-0.2, 0) is 0 Å². The second-order valence-electron chi connectivity index (χ2n) is 5.27. The predicted molar refractivity (Wildman–Crippen MR) is 88.9 cm³/mol. The molecule has 0 aliphatic heterocycles. The maximum atomic E-state index is 12.3. The summed E-state index contributed by atoms with van der Waals surface area (Å²) in [4.78, 5) is 14.5. The van der Waals surface area contributed by atoms with Gasteiger partial charge in [-0.3, -0.25) is 9.89 Å². The third-order valence-corrected chi connectivity index (χ3v) is 3.87. The monoisotopic (exact) mass is 300 g/mol. The summed E-state index contributed by atoms with van der Waals surface area (Å²) in [5, 5.41) is 9.93. The number of amides is 1. The quantitative estimate of drug-likeness (QED) is 0.825. The van der Waals surface area contributed by atoms with E-state index >= 15 is 0 Å². The Hall–Kier alpha value is -2.14. The van der Waals surface area contributed by atoms with Crippen LogP contribution in [0, 0.1) is 6.92 Å². The maximum absolute atomic E-state index is 12.3. The average molecular weight is 300 g/mol. The van der Waals surface area contributed by atoms with Gasteiger partial charge in [-0.15, -0.1) is 0 Å². The van der Waals surface area contributed by atoms with Crippen LogP contribution in [0.15, 0.2) is 30.5 Å². The molecule has 0 saturated heterocycles. The highest BCUT2D eigenvalue weighted by Crippen LogP contribution is 2.22. The first-order chi connectivity index (χ1) is 10.7. The molecular weight excluding hydrogens is 276 g/mol. The molecule has 118 valence electrons. The molecule has 0 spiro atoms. The van der Waals surface area contributed by atoms with Crippen molar-refractivity contribution in [2.45, 2.75) is 20.8 Å². The number of aromatic amines is 1. The first kappa shape index (κ1) is 16.2. The molecule has 0 radical (unpaired) electrons. The number of nitrogens with zero attached hydrogens (tertiary/aromatic N) is 2. The highest BCUT2D eigenvalue weighted by Gasteiger charge is 2.09. The Morgan fingerprint density at radius 1 is 1.32 bits per heavy atom. The topological polar surface area (TPSA) is 61.0 Å². The van der Waals surface area contributed by atoms with Crippen LogP contribution in [0.4, 0.5) is 0 Å². The Kier molecular flexibility index (Phi) is 5.72. The SMILES string of the molecule is CCN(CC)CCNC(=O)c1cccc(-c2cn[nH]c2C)c1. The van der Waals surface area contributed by atoms with Crippen molar-refractivity contribution in [3.63, 3.8) is 0 Å². The molecule has 22 heavy (non-hydrogen) atoms. The van der Waals surface area contributed by atoms with Crippen molar-refractivity contribution in [3.05, 3.63) is 41.7 Å². The predicted octanol–water partition coefficient (Wildman–Crippen LogP) is 2.46. The zero-order valence-corrected chi connectivity index (χ0v) is 13.5. The normalized spacial score (nSPS) is 10.9. The minimum absolute atomic E-state index is 0.0323. The van der Waals surface area contributed by atoms with Crippen LogP contribution >= 0.6 is 0 Å². The first-order valence-corrected chi connectivity index (χ1v) is 7.76. The second-order valence-corrected chi connectivity index (χ2v) is 5.27. The molecule has 2 aromatic rings. The largest absolute Gasteiger partial charge is 0.351 e. The Balaban J connectivity index is 2.00. The van der Waals surface area contributed by atoms with Crippen LogP contribution in [-0.4, -0.2) is 47.2 Å². The van der Waals surface area contributed by atoms with Gasteiger partial charge in [-0.2, -0.15) is 5.10 Å². The molecule has 1 amide bonds. The Labute approximate surface area is 131 Å². The Bertz CT molecular complexity index is 617. The molecule has 0 unspecified atom stereocenters. The van der Waals surface area contributed by atoms with E-state index in [1.165, 1.54) is 0 Å². The molecule has 1 aromatic heterocycles. The maximum Gasteiger partial charge on any atom is 0.251 e. The molecule has 1 heterocycles. The third kappa shape index (κ3) is 3.95. The molecule has 2 rings (SSSR count). The average Bonchev–Trinajstić information content (AvgIpc) is 2.97. The summed E-state index contributed by atoms with van der Waals surface area (Å²) in [6, 6.07) is 7.64. The van der Waals surface area contributed by atoms with Gasteiger partial charge in [0.1, 0.15) is 0 Å². The van der Waals surface area contributed by atoms with E-state index in [1.54, 1.807) is 6.20 Å². The third-order valence-electron chi connectivity index (χ3n) is 3.87. The number of H-pyrrole nitrogens is 1. The van der Waals surface area contributed by atoms with E-state index < -0.39 is 0 Å². The van der Waals surface area contributed by atoms with Crippen molar-refractivity contribution in [1.82, 2.24) is 20.4 Å². The van der Waals surface area contributed by atoms with Gasteiger partial charge in [-0.1, -0.05) is 26.0 Å². The molecule has 0 aliphatic rings. The van der Waals surface area contributed by atoms with Crippen LogP contribution in [0.1, 0.15) is 29.9 Å². The Morgan fingerprint density at radius 2 is 2.09 bits per heavy atom. The van der Waals surface area contributed by atoms with Gasteiger partial charge in [0.2, 0.25) is 0 Å². The number of rotatable bonds is 7. The fourth-order valence-corrected chi connectivity index (χ4v) is 2.44. The van der Waals surface area contributed by atoms with Crippen LogP contribution in [0.5, 0.6) is 0 Å². The van der Waals surface area contributed by atoms with Crippen molar-refractivity contribution < 1.29 is 4.79 Å². The number of carbonyl (C=O) groups excluding carboxylic acids is 1. The number of hydrogen-bond acceptors (Lipinski definition) is 3. The lowest BCUT2D eigenvalue weighted by atomic mass is 10.0. The molecule has 5 heteroatoms. The molecule has 0 fully saturated rings. The van der Waals surface area contributed by atoms with E-state index in [4.69, 9.17) is 0 Å². The van der Waals surface area contributed by atoms with Crippen molar-refractivity contribution in [1.29, 1.82) is 0 Å². The van der Waals surface area contributed by atoms with Gasteiger partial charge in [0.05, 0.1) is 6.20 Å². The number of nitrogens with one attached hydrogen (secondary N) is 2. The molecular formula is C17H24N4O. The number of aromatic nitrogens is 2.